The number of carbonyl (C=O) groups excluding carboxylic acids is 2. The zero-order chi connectivity index (χ0) is 17.3. The van der Waals surface area contributed by atoms with Crippen molar-refractivity contribution < 1.29 is 40.3 Å². The molecule has 0 aromatic rings. The molecule has 0 saturated heterocycles. The van der Waals surface area contributed by atoms with E-state index in [1.807, 2.05) is 0 Å². The average molecular weight is 334 g/mol. The lowest BCUT2D eigenvalue weighted by atomic mass is 9.77. The molecule has 0 radical (unpaired) electrons. The Morgan fingerprint density at radius 1 is 1.05 bits per heavy atom. The molecule has 2 rings (SSSR count). The molecule has 2 aliphatic rings. The zero-order valence-corrected chi connectivity index (χ0v) is 11.6. The summed E-state index contributed by atoms with van der Waals surface area (Å²) in [4.78, 5) is 23.7. The van der Waals surface area contributed by atoms with Gasteiger partial charge in [0.25, 0.3) is 0 Å². The fourth-order valence-corrected chi connectivity index (χ4v) is 3.71. The number of hydrogen-bond acceptors (Lipinski definition) is 2. The first-order valence-corrected chi connectivity index (χ1v) is 6.57. The maximum absolute atomic E-state index is 13.5. The maximum Gasteiger partial charge on any atom is 0.460 e. The molecular weight excluding hydrogens is 321 g/mol. The fraction of sp³-hybridized carbons (Fsp3) is 0.846. The standard InChI is InChI=1S/C13H13F7O2/c1-10(2)5-3-4-6(10)8(21)7(5)9(22)11(14,15)12(16,17)13(18,19)20/h5-7H,3-4H2,1-2H3/t5-,6+,7-/m1/s1. The highest BCUT2D eigenvalue weighted by atomic mass is 19.4. The topological polar surface area (TPSA) is 34.1 Å². The Labute approximate surface area is 121 Å². The third kappa shape index (κ3) is 1.93. The van der Waals surface area contributed by atoms with Gasteiger partial charge in [-0.3, -0.25) is 9.59 Å². The van der Waals surface area contributed by atoms with Gasteiger partial charge in [0.1, 0.15) is 5.78 Å². The first-order valence-electron chi connectivity index (χ1n) is 6.57. The summed E-state index contributed by atoms with van der Waals surface area (Å²) in [6, 6.07) is 0. The molecular formula is C13H13F7O2. The Bertz CT molecular complexity index is 521. The van der Waals surface area contributed by atoms with Gasteiger partial charge in [-0.1, -0.05) is 13.8 Å². The van der Waals surface area contributed by atoms with Gasteiger partial charge in [0.2, 0.25) is 5.78 Å². The third-order valence-electron chi connectivity index (χ3n) is 5.01. The summed E-state index contributed by atoms with van der Waals surface area (Å²) >= 11 is 0. The number of hydrogen-bond donors (Lipinski definition) is 0. The van der Waals surface area contributed by atoms with Crippen molar-refractivity contribution >= 4 is 11.6 Å². The lowest BCUT2D eigenvalue weighted by Gasteiger charge is -2.31. The van der Waals surface area contributed by atoms with Crippen LogP contribution in [0.3, 0.4) is 0 Å². The number of ketones is 2. The zero-order valence-electron chi connectivity index (χ0n) is 11.6. The van der Waals surface area contributed by atoms with Crippen LogP contribution in [0.15, 0.2) is 0 Å². The largest absolute Gasteiger partial charge is 0.460 e. The Morgan fingerprint density at radius 2 is 1.55 bits per heavy atom. The van der Waals surface area contributed by atoms with Gasteiger partial charge in [0.05, 0.1) is 5.92 Å². The van der Waals surface area contributed by atoms with E-state index in [2.05, 4.69) is 0 Å². The molecule has 0 heterocycles. The van der Waals surface area contributed by atoms with Crippen molar-refractivity contribution in [1.29, 1.82) is 0 Å². The number of carbonyl (C=O) groups is 2. The van der Waals surface area contributed by atoms with Gasteiger partial charge in [-0.25, -0.2) is 0 Å². The molecule has 9 heteroatoms. The van der Waals surface area contributed by atoms with E-state index in [4.69, 9.17) is 0 Å². The van der Waals surface area contributed by atoms with Gasteiger partial charge in [0.15, 0.2) is 0 Å². The summed E-state index contributed by atoms with van der Waals surface area (Å²) < 4.78 is 89.4. The fourth-order valence-electron chi connectivity index (χ4n) is 3.71. The van der Waals surface area contributed by atoms with E-state index in [9.17, 15) is 40.3 Å². The molecule has 2 fully saturated rings. The molecule has 3 atom stereocenters. The van der Waals surface area contributed by atoms with Crippen LogP contribution in [0.25, 0.3) is 0 Å². The number of fused-ring (bicyclic) bond motifs is 2. The Morgan fingerprint density at radius 3 is 1.91 bits per heavy atom. The van der Waals surface area contributed by atoms with Crippen LogP contribution in [-0.4, -0.2) is 29.6 Å². The van der Waals surface area contributed by atoms with Crippen LogP contribution in [0, 0.1) is 23.2 Å². The third-order valence-corrected chi connectivity index (χ3v) is 5.01. The van der Waals surface area contributed by atoms with Crippen LogP contribution in [0.4, 0.5) is 30.7 Å². The predicted octanol–water partition coefficient (Wildman–Crippen LogP) is 3.64. The van der Waals surface area contributed by atoms with Gasteiger partial charge in [-0.2, -0.15) is 30.7 Å². The highest BCUT2D eigenvalue weighted by Crippen LogP contribution is 2.60. The van der Waals surface area contributed by atoms with Crippen molar-refractivity contribution in [2.75, 3.05) is 0 Å². The second-order valence-corrected chi connectivity index (χ2v) is 6.45. The van der Waals surface area contributed by atoms with Crippen LogP contribution in [0.5, 0.6) is 0 Å². The monoisotopic (exact) mass is 334 g/mol. The normalized spacial score (nSPS) is 31.7. The van der Waals surface area contributed by atoms with Crippen LogP contribution in [0.1, 0.15) is 26.7 Å². The maximum atomic E-state index is 13.5. The minimum Gasteiger partial charge on any atom is -0.299 e. The molecule has 0 unspecified atom stereocenters. The van der Waals surface area contributed by atoms with Crippen LogP contribution in [0.2, 0.25) is 0 Å². The molecule has 0 amide bonds. The molecule has 0 N–H and O–H groups in total. The highest BCUT2D eigenvalue weighted by molar-refractivity contribution is 6.09. The van der Waals surface area contributed by atoms with Crippen LogP contribution < -0.4 is 0 Å². The summed E-state index contributed by atoms with van der Waals surface area (Å²) in [6.45, 7) is 3.06. The van der Waals surface area contributed by atoms with E-state index in [0.29, 0.717) is 6.42 Å². The lowest BCUT2D eigenvalue weighted by Crippen LogP contribution is -2.58. The van der Waals surface area contributed by atoms with Crippen LogP contribution in [-0.2, 0) is 9.59 Å². The summed E-state index contributed by atoms with van der Waals surface area (Å²) in [7, 11) is 0. The number of rotatable bonds is 3. The molecule has 2 nitrogen and oxygen atoms in total. The van der Waals surface area contributed by atoms with Crippen molar-refractivity contribution in [2.45, 2.75) is 44.7 Å². The van der Waals surface area contributed by atoms with Crippen molar-refractivity contribution in [3.05, 3.63) is 0 Å². The summed E-state index contributed by atoms with van der Waals surface area (Å²) in [6.07, 6.45) is -6.09. The summed E-state index contributed by atoms with van der Waals surface area (Å²) in [5.41, 5.74) is -0.860. The second kappa shape index (κ2) is 4.44. The highest BCUT2D eigenvalue weighted by Gasteiger charge is 2.78. The predicted molar refractivity (Wildman–Crippen MR) is 59.4 cm³/mol. The molecule has 126 valence electrons. The van der Waals surface area contributed by atoms with E-state index in [0.717, 1.165) is 0 Å². The number of halogens is 7. The van der Waals surface area contributed by atoms with Gasteiger partial charge >= 0.3 is 18.0 Å². The second-order valence-electron chi connectivity index (χ2n) is 6.45. The smallest absolute Gasteiger partial charge is 0.299 e. The van der Waals surface area contributed by atoms with Gasteiger partial charge < -0.3 is 0 Å². The average Bonchev–Trinajstić information content (AvgIpc) is 2.72. The summed E-state index contributed by atoms with van der Waals surface area (Å²) in [5, 5.41) is 0. The first kappa shape index (κ1) is 17.2. The Hall–Kier alpha value is -1.15. The number of alkyl halides is 7. The molecule has 2 aliphatic carbocycles. The van der Waals surface area contributed by atoms with Crippen molar-refractivity contribution in [3.63, 3.8) is 0 Å². The van der Waals surface area contributed by atoms with Gasteiger partial charge in [0, 0.05) is 5.92 Å². The molecule has 0 spiro atoms. The van der Waals surface area contributed by atoms with Gasteiger partial charge in [-0.05, 0) is 24.2 Å². The lowest BCUT2D eigenvalue weighted by molar-refractivity contribution is -0.344. The minimum atomic E-state index is -6.58. The van der Waals surface area contributed by atoms with E-state index >= 15 is 0 Å². The van der Waals surface area contributed by atoms with Crippen molar-refractivity contribution in [2.24, 2.45) is 23.2 Å². The van der Waals surface area contributed by atoms with Gasteiger partial charge in [-0.15, -0.1) is 0 Å². The molecule has 2 bridgehead atoms. The molecule has 22 heavy (non-hydrogen) atoms. The van der Waals surface area contributed by atoms with Crippen molar-refractivity contribution in [3.8, 4) is 0 Å². The molecule has 2 saturated carbocycles. The molecule has 0 aromatic heterocycles. The van der Waals surface area contributed by atoms with E-state index in [1.54, 1.807) is 0 Å². The molecule has 0 aliphatic heterocycles. The first-order chi connectivity index (χ1) is 9.67. The van der Waals surface area contributed by atoms with E-state index < -0.39 is 52.8 Å². The molecule has 0 aromatic carbocycles. The van der Waals surface area contributed by atoms with Crippen molar-refractivity contribution in [1.82, 2.24) is 0 Å². The van der Waals surface area contributed by atoms with Crippen LogP contribution >= 0.6 is 0 Å². The number of Topliss-reactive ketones (excluding diaryl/α,β-unsaturated/α-hetero) is 2. The van der Waals surface area contributed by atoms with E-state index in [-0.39, 0.29) is 6.42 Å². The summed E-state index contributed by atoms with van der Waals surface area (Å²) in [5.74, 6) is -19.9. The Balaban J connectivity index is 2.39. The van der Waals surface area contributed by atoms with E-state index in [1.165, 1.54) is 13.8 Å². The quantitative estimate of drug-likeness (QED) is 0.583. The SMILES string of the molecule is CC1(C)[C@@H]2CC[C@H]1C(=O)[C@@H]2C(=O)C(F)(F)C(F)(F)C(F)(F)F. The Kier molecular flexibility index (Phi) is 3.47. The minimum absolute atomic E-state index is 0.174.